The van der Waals surface area contributed by atoms with Crippen molar-refractivity contribution < 1.29 is 5.21 Å². The van der Waals surface area contributed by atoms with Gasteiger partial charge in [-0.1, -0.05) is 5.16 Å². The highest BCUT2D eigenvalue weighted by Crippen LogP contribution is 2.27. The number of amidine groups is 1. The van der Waals surface area contributed by atoms with Crippen LogP contribution in [0.2, 0.25) is 0 Å². The van der Waals surface area contributed by atoms with Crippen LogP contribution in [0.4, 0.5) is 0 Å². The normalized spacial score (nSPS) is 32.4. The van der Waals surface area contributed by atoms with Crippen LogP contribution in [0.5, 0.6) is 0 Å². The molecule has 98 valence electrons. The number of oxime groups is 1. The van der Waals surface area contributed by atoms with E-state index in [1.165, 1.54) is 38.8 Å². The molecule has 2 aliphatic heterocycles. The molecule has 5 nitrogen and oxygen atoms in total. The molecular formula is C12H24N4O. The first-order valence-electron chi connectivity index (χ1n) is 6.65. The Hall–Kier alpha value is -0.810. The van der Waals surface area contributed by atoms with E-state index in [2.05, 4.69) is 22.3 Å². The summed E-state index contributed by atoms with van der Waals surface area (Å²) in [5, 5.41) is 15.2. The van der Waals surface area contributed by atoms with Crippen molar-refractivity contribution >= 4 is 5.84 Å². The summed E-state index contributed by atoms with van der Waals surface area (Å²) in [7, 11) is 0. The third-order valence-corrected chi connectivity index (χ3v) is 3.98. The van der Waals surface area contributed by atoms with Crippen LogP contribution >= 0.6 is 0 Å². The van der Waals surface area contributed by atoms with Gasteiger partial charge in [0.1, 0.15) is 5.84 Å². The van der Waals surface area contributed by atoms with Crippen LogP contribution in [0.15, 0.2) is 5.16 Å². The van der Waals surface area contributed by atoms with E-state index in [-0.39, 0.29) is 6.04 Å². The zero-order valence-corrected chi connectivity index (χ0v) is 10.6. The molecule has 4 N–H and O–H groups in total. The quantitative estimate of drug-likeness (QED) is 0.293. The maximum Gasteiger partial charge on any atom is 0.140 e. The van der Waals surface area contributed by atoms with Crippen molar-refractivity contribution in [1.82, 2.24) is 10.2 Å². The van der Waals surface area contributed by atoms with Crippen molar-refractivity contribution in [1.29, 1.82) is 0 Å². The molecule has 3 unspecified atom stereocenters. The second kappa shape index (κ2) is 5.69. The van der Waals surface area contributed by atoms with Crippen LogP contribution in [0.25, 0.3) is 0 Å². The molecule has 0 aliphatic carbocycles. The van der Waals surface area contributed by atoms with Crippen molar-refractivity contribution in [2.45, 2.75) is 57.2 Å². The van der Waals surface area contributed by atoms with E-state index in [1.54, 1.807) is 0 Å². The van der Waals surface area contributed by atoms with Crippen LogP contribution in [0.1, 0.15) is 39.0 Å². The van der Waals surface area contributed by atoms with Gasteiger partial charge in [0.05, 0.1) is 0 Å². The van der Waals surface area contributed by atoms with Crippen LogP contribution in [-0.2, 0) is 0 Å². The number of nitrogens with two attached hydrogens (primary N) is 1. The van der Waals surface area contributed by atoms with Crippen molar-refractivity contribution in [3.8, 4) is 0 Å². The van der Waals surface area contributed by atoms with Gasteiger partial charge in [0.2, 0.25) is 0 Å². The molecule has 0 saturated carbocycles. The van der Waals surface area contributed by atoms with Gasteiger partial charge in [-0.15, -0.1) is 0 Å². The fourth-order valence-electron chi connectivity index (χ4n) is 3.19. The van der Waals surface area contributed by atoms with Gasteiger partial charge >= 0.3 is 0 Å². The van der Waals surface area contributed by atoms with Crippen LogP contribution in [0.3, 0.4) is 0 Å². The minimum Gasteiger partial charge on any atom is -0.409 e. The fraction of sp³-hybridized carbons (Fsp3) is 0.917. The third-order valence-electron chi connectivity index (χ3n) is 3.98. The first-order chi connectivity index (χ1) is 8.19. The van der Waals surface area contributed by atoms with E-state index in [0.29, 0.717) is 18.3 Å². The largest absolute Gasteiger partial charge is 0.409 e. The van der Waals surface area contributed by atoms with Gasteiger partial charge in [-0.05, 0) is 45.7 Å². The Balaban J connectivity index is 1.76. The highest BCUT2D eigenvalue weighted by atomic mass is 16.4. The van der Waals surface area contributed by atoms with Gasteiger partial charge in [-0.3, -0.25) is 0 Å². The Morgan fingerprint density at radius 1 is 1.53 bits per heavy atom. The van der Waals surface area contributed by atoms with Crippen LogP contribution in [0, 0.1) is 0 Å². The van der Waals surface area contributed by atoms with Crippen molar-refractivity contribution in [2.24, 2.45) is 10.9 Å². The summed E-state index contributed by atoms with van der Waals surface area (Å²) in [6, 6.07) is 1.66. The summed E-state index contributed by atoms with van der Waals surface area (Å²) >= 11 is 0. The first kappa shape index (κ1) is 12.6. The summed E-state index contributed by atoms with van der Waals surface area (Å²) < 4.78 is 0. The molecule has 0 radical (unpaired) electrons. The molecule has 2 saturated heterocycles. The minimum atomic E-state index is 0.281. The summed E-state index contributed by atoms with van der Waals surface area (Å²) in [5.74, 6) is 0.309. The molecule has 5 heteroatoms. The smallest absolute Gasteiger partial charge is 0.140 e. The molecule has 0 spiro atoms. The summed E-state index contributed by atoms with van der Waals surface area (Å²) in [6.07, 6.45) is 5.79. The SMILES string of the molecule is CC(CC(N)=NO)NC1CCN2CCCC2C1. The average molecular weight is 240 g/mol. The summed E-state index contributed by atoms with van der Waals surface area (Å²) in [5.41, 5.74) is 5.52. The number of hydrogen-bond donors (Lipinski definition) is 3. The Bertz CT molecular complexity index is 282. The Kier molecular flexibility index (Phi) is 4.23. The average Bonchev–Trinajstić information content (AvgIpc) is 2.75. The van der Waals surface area contributed by atoms with E-state index in [1.807, 2.05) is 0 Å². The zero-order valence-electron chi connectivity index (χ0n) is 10.6. The Morgan fingerprint density at radius 3 is 3.12 bits per heavy atom. The zero-order chi connectivity index (χ0) is 12.3. The fourth-order valence-corrected chi connectivity index (χ4v) is 3.19. The molecule has 0 aromatic heterocycles. The van der Waals surface area contributed by atoms with Gasteiger partial charge in [-0.2, -0.15) is 0 Å². The topological polar surface area (TPSA) is 73.9 Å². The highest BCUT2D eigenvalue weighted by molar-refractivity contribution is 5.80. The lowest BCUT2D eigenvalue weighted by Crippen LogP contribution is -2.48. The standard InChI is InChI=1S/C12H24N4O/c1-9(7-12(13)15-17)14-10-4-6-16-5-2-3-11(16)8-10/h9-11,14,17H,2-8H2,1H3,(H2,13,15). The molecule has 3 atom stereocenters. The third kappa shape index (κ3) is 3.33. The maximum absolute atomic E-state index is 8.54. The van der Waals surface area contributed by atoms with Crippen molar-refractivity contribution in [2.75, 3.05) is 13.1 Å². The van der Waals surface area contributed by atoms with E-state index in [9.17, 15) is 0 Å². The molecular weight excluding hydrogens is 216 g/mol. The van der Waals surface area contributed by atoms with Gasteiger partial charge < -0.3 is 21.2 Å². The monoisotopic (exact) mass is 240 g/mol. The highest BCUT2D eigenvalue weighted by Gasteiger charge is 2.31. The minimum absolute atomic E-state index is 0.281. The summed E-state index contributed by atoms with van der Waals surface area (Å²) in [4.78, 5) is 2.62. The molecule has 0 amide bonds. The molecule has 0 bridgehead atoms. The molecule has 2 heterocycles. The number of fused-ring (bicyclic) bond motifs is 1. The second-order valence-electron chi connectivity index (χ2n) is 5.42. The number of nitrogens with zero attached hydrogens (tertiary/aromatic N) is 2. The number of hydrogen-bond acceptors (Lipinski definition) is 4. The molecule has 2 rings (SSSR count). The Labute approximate surface area is 103 Å². The predicted octanol–water partition coefficient (Wildman–Crippen LogP) is 0.728. The van der Waals surface area contributed by atoms with Gasteiger partial charge in [0, 0.05) is 24.5 Å². The molecule has 2 aliphatic rings. The second-order valence-corrected chi connectivity index (χ2v) is 5.42. The van der Waals surface area contributed by atoms with Crippen LogP contribution in [-0.4, -0.2) is 47.2 Å². The van der Waals surface area contributed by atoms with E-state index in [4.69, 9.17) is 10.9 Å². The number of rotatable bonds is 4. The Morgan fingerprint density at radius 2 is 2.35 bits per heavy atom. The lowest BCUT2D eigenvalue weighted by molar-refractivity contribution is 0.162. The van der Waals surface area contributed by atoms with Gasteiger partial charge in [0.15, 0.2) is 0 Å². The van der Waals surface area contributed by atoms with Crippen molar-refractivity contribution in [3.05, 3.63) is 0 Å². The van der Waals surface area contributed by atoms with E-state index in [0.717, 1.165) is 6.04 Å². The first-order valence-corrected chi connectivity index (χ1v) is 6.65. The lowest BCUT2D eigenvalue weighted by atomic mass is 9.96. The molecule has 0 aromatic carbocycles. The number of piperidine rings is 1. The van der Waals surface area contributed by atoms with Crippen molar-refractivity contribution in [3.63, 3.8) is 0 Å². The predicted molar refractivity (Wildman–Crippen MR) is 68.2 cm³/mol. The molecule has 17 heavy (non-hydrogen) atoms. The lowest BCUT2D eigenvalue weighted by Gasteiger charge is -2.36. The van der Waals surface area contributed by atoms with Gasteiger partial charge in [-0.25, -0.2) is 0 Å². The molecule has 2 fully saturated rings. The van der Waals surface area contributed by atoms with Gasteiger partial charge in [0.25, 0.3) is 0 Å². The van der Waals surface area contributed by atoms with E-state index >= 15 is 0 Å². The van der Waals surface area contributed by atoms with Crippen LogP contribution < -0.4 is 11.1 Å². The summed E-state index contributed by atoms with van der Waals surface area (Å²) in [6.45, 7) is 4.61. The number of nitrogens with one attached hydrogen (secondary N) is 1. The molecule has 0 aromatic rings. The van der Waals surface area contributed by atoms with E-state index < -0.39 is 0 Å². The maximum atomic E-state index is 8.54.